The third kappa shape index (κ3) is 5.12. The molecule has 6 nitrogen and oxygen atoms in total. The molecule has 0 bridgehead atoms. The summed E-state index contributed by atoms with van der Waals surface area (Å²) in [6.45, 7) is 0.322. The minimum atomic E-state index is -1.11. The van der Waals surface area contributed by atoms with Crippen molar-refractivity contribution in [2.45, 2.75) is 6.61 Å². The molecule has 0 saturated carbocycles. The summed E-state index contributed by atoms with van der Waals surface area (Å²) in [5.41, 5.74) is 1.78. The fourth-order valence-corrected chi connectivity index (χ4v) is 3.54. The number of nitrogens with zero attached hydrogens (tertiary/aromatic N) is 1. The van der Waals surface area contributed by atoms with Crippen LogP contribution in [0.3, 0.4) is 0 Å². The van der Waals surface area contributed by atoms with Gasteiger partial charge in [0.05, 0.1) is 5.56 Å². The summed E-state index contributed by atoms with van der Waals surface area (Å²) >= 11 is 0. The van der Waals surface area contributed by atoms with Gasteiger partial charge in [-0.25, -0.2) is 4.79 Å². The Balaban J connectivity index is 1.55. The number of hydrogen-bond donors (Lipinski definition) is 2. The minimum absolute atomic E-state index is 0.0347. The van der Waals surface area contributed by atoms with Crippen LogP contribution in [0.5, 0.6) is 5.75 Å². The van der Waals surface area contributed by atoms with Gasteiger partial charge in [0.1, 0.15) is 24.0 Å². The first-order chi connectivity index (χ1) is 16.5. The summed E-state index contributed by atoms with van der Waals surface area (Å²) in [4.78, 5) is 23.8. The number of nitriles is 1. The topological polar surface area (TPSA) is 99.4 Å². The van der Waals surface area contributed by atoms with Crippen molar-refractivity contribution in [3.05, 3.63) is 113 Å². The first-order valence-corrected chi connectivity index (χ1v) is 10.5. The summed E-state index contributed by atoms with van der Waals surface area (Å²) in [5, 5.41) is 23.5. The van der Waals surface area contributed by atoms with Gasteiger partial charge in [0.25, 0.3) is 5.91 Å². The fourth-order valence-electron chi connectivity index (χ4n) is 3.54. The molecule has 1 amide bonds. The van der Waals surface area contributed by atoms with E-state index in [-0.39, 0.29) is 16.8 Å². The van der Waals surface area contributed by atoms with E-state index in [1.54, 1.807) is 24.3 Å². The summed E-state index contributed by atoms with van der Waals surface area (Å²) in [6, 6.07) is 28.9. The first-order valence-electron chi connectivity index (χ1n) is 10.5. The average molecular weight is 448 g/mol. The van der Waals surface area contributed by atoms with Crippen LogP contribution in [-0.4, -0.2) is 17.0 Å². The van der Waals surface area contributed by atoms with Gasteiger partial charge in [-0.05, 0) is 46.7 Å². The molecule has 0 atom stereocenters. The van der Waals surface area contributed by atoms with Crippen molar-refractivity contribution in [1.82, 2.24) is 0 Å². The second-order valence-corrected chi connectivity index (χ2v) is 7.47. The van der Waals surface area contributed by atoms with Gasteiger partial charge in [0.15, 0.2) is 0 Å². The molecule has 0 fully saturated rings. The van der Waals surface area contributed by atoms with Gasteiger partial charge < -0.3 is 15.2 Å². The lowest BCUT2D eigenvalue weighted by atomic mass is 10.1. The van der Waals surface area contributed by atoms with Gasteiger partial charge >= 0.3 is 5.97 Å². The van der Waals surface area contributed by atoms with Crippen LogP contribution in [0.25, 0.3) is 16.8 Å². The van der Waals surface area contributed by atoms with E-state index in [4.69, 9.17) is 9.84 Å². The molecule has 0 unspecified atom stereocenters. The number of benzene rings is 4. The third-order valence-corrected chi connectivity index (χ3v) is 5.21. The highest BCUT2D eigenvalue weighted by Gasteiger charge is 2.13. The summed E-state index contributed by atoms with van der Waals surface area (Å²) < 4.78 is 6.07. The van der Waals surface area contributed by atoms with Gasteiger partial charge in [-0.1, -0.05) is 66.7 Å². The number of carbonyl (C=O) groups is 2. The Bertz CT molecular complexity index is 1450. The van der Waals surface area contributed by atoms with Gasteiger partial charge in [-0.15, -0.1) is 0 Å². The van der Waals surface area contributed by atoms with Crippen molar-refractivity contribution in [2.24, 2.45) is 0 Å². The molecule has 0 aliphatic heterocycles. The van der Waals surface area contributed by atoms with Crippen molar-refractivity contribution < 1.29 is 19.4 Å². The van der Waals surface area contributed by atoms with E-state index in [9.17, 15) is 14.9 Å². The largest absolute Gasteiger partial charge is 0.488 e. The highest BCUT2D eigenvalue weighted by molar-refractivity contribution is 6.10. The Morgan fingerprint density at radius 2 is 1.68 bits per heavy atom. The Labute approximate surface area is 196 Å². The molecule has 166 valence electrons. The molecule has 0 aliphatic rings. The molecule has 0 aromatic heterocycles. The van der Waals surface area contributed by atoms with Gasteiger partial charge in [-0.2, -0.15) is 5.26 Å². The number of carbonyl (C=O) groups excluding carboxylic acids is 1. The van der Waals surface area contributed by atoms with E-state index in [1.165, 1.54) is 24.3 Å². The standard InChI is InChI=1S/C28H20N2O4/c29-17-23(27(31)30-24-12-6-10-21(16-24)28(32)33)15-20-8-2-4-14-26(20)34-18-22-11-5-9-19-7-1-3-13-25(19)22/h1-16H,18H2,(H,30,31)(H,32,33)/b23-15-. The number of nitrogens with one attached hydrogen (secondary N) is 1. The summed E-state index contributed by atoms with van der Waals surface area (Å²) in [6.07, 6.45) is 1.45. The molecule has 4 rings (SSSR count). The van der Waals surface area contributed by atoms with Crippen molar-refractivity contribution in [3.63, 3.8) is 0 Å². The maximum atomic E-state index is 12.7. The van der Waals surface area contributed by atoms with Crippen LogP contribution in [-0.2, 0) is 11.4 Å². The minimum Gasteiger partial charge on any atom is -0.488 e. The molecule has 4 aromatic carbocycles. The van der Waals surface area contributed by atoms with Gasteiger partial charge in [-0.3, -0.25) is 4.79 Å². The number of ether oxygens (including phenoxy) is 1. The normalized spacial score (nSPS) is 11.0. The average Bonchev–Trinajstić information content (AvgIpc) is 2.86. The van der Waals surface area contributed by atoms with Gasteiger partial charge in [0, 0.05) is 11.3 Å². The van der Waals surface area contributed by atoms with E-state index in [0.29, 0.717) is 17.9 Å². The van der Waals surface area contributed by atoms with Crippen molar-refractivity contribution in [2.75, 3.05) is 5.32 Å². The molecule has 0 aliphatic carbocycles. The maximum absolute atomic E-state index is 12.7. The maximum Gasteiger partial charge on any atom is 0.335 e. The fraction of sp³-hybridized carbons (Fsp3) is 0.0357. The number of hydrogen-bond acceptors (Lipinski definition) is 4. The Hall–Kier alpha value is -4.89. The van der Waals surface area contributed by atoms with Crippen LogP contribution >= 0.6 is 0 Å². The molecule has 0 saturated heterocycles. The number of carboxylic acid groups (broad SMARTS) is 1. The molecule has 6 heteroatoms. The van der Waals surface area contributed by atoms with Crippen molar-refractivity contribution in [3.8, 4) is 11.8 Å². The molecular weight excluding hydrogens is 428 g/mol. The zero-order chi connectivity index (χ0) is 23.9. The van der Waals surface area contributed by atoms with Crippen LogP contribution in [0.1, 0.15) is 21.5 Å². The lowest BCUT2D eigenvalue weighted by molar-refractivity contribution is -0.112. The van der Waals surface area contributed by atoms with Crippen LogP contribution in [0.4, 0.5) is 5.69 Å². The van der Waals surface area contributed by atoms with E-state index in [0.717, 1.165) is 16.3 Å². The molecule has 0 heterocycles. The first kappa shape index (κ1) is 22.3. The molecule has 2 N–H and O–H groups in total. The number of fused-ring (bicyclic) bond motifs is 1. The number of para-hydroxylation sites is 1. The SMILES string of the molecule is N#C/C(=C/c1ccccc1OCc1cccc2ccccc12)C(=O)Nc1cccc(C(=O)O)c1. The summed E-state index contributed by atoms with van der Waals surface area (Å²) in [7, 11) is 0. The van der Waals surface area contributed by atoms with Crippen LogP contribution in [0.15, 0.2) is 96.6 Å². The monoisotopic (exact) mass is 448 g/mol. The predicted molar refractivity (Wildman–Crippen MR) is 130 cm³/mol. The second kappa shape index (κ2) is 10.2. The smallest absolute Gasteiger partial charge is 0.335 e. The van der Waals surface area contributed by atoms with E-state index in [1.807, 2.05) is 54.6 Å². The second-order valence-electron chi connectivity index (χ2n) is 7.47. The lowest BCUT2D eigenvalue weighted by Crippen LogP contribution is -2.14. The zero-order valence-electron chi connectivity index (χ0n) is 18.1. The molecule has 0 spiro atoms. The third-order valence-electron chi connectivity index (χ3n) is 5.21. The molecule has 0 radical (unpaired) electrons. The van der Waals surface area contributed by atoms with Crippen LogP contribution in [0.2, 0.25) is 0 Å². The van der Waals surface area contributed by atoms with E-state index < -0.39 is 11.9 Å². The predicted octanol–water partition coefficient (Wildman–Crippen LogP) is 5.66. The van der Waals surface area contributed by atoms with Gasteiger partial charge in [0.2, 0.25) is 0 Å². The Morgan fingerprint density at radius 1 is 0.941 bits per heavy atom. The van der Waals surface area contributed by atoms with E-state index >= 15 is 0 Å². The molecule has 34 heavy (non-hydrogen) atoms. The lowest BCUT2D eigenvalue weighted by Gasteiger charge is -2.12. The highest BCUT2D eigenvalue weighted by atomic mass is 16.5. The highest BCUT2D eigenvalue weighted by Crippen LogP contribution is 2.25. The Kier molecular flexibility index (Phi) is 6.66. The quantitative estimate of drug-likeness (QED) is 0.281. The molecule has 4 aromatic rings. The summed E-state index contributed by atoms with van der Waals surface area (Å²) in [5.74, 6) is -1.22. The number of carboxylic acids is 1. The van der Waals surface area contributed by atoms with Crippen molar-refractivity contribution >= 4 is 34.4 Å². The van der Waals surface area contributed by atoms with E-state index in [2.05, 4.69) is 5.32 Å². The number of anilines is 1. The zero-order valence-corrected chi connectivity index (χ0v) is 18.1. The number of aromatic carboxylic acids is 1. The number of amides is 1. The van der Waals surface area contributed by atoms with Crippen molar-refractivity contribution in [1.29, 1.82) is 5.26 Å². The Morgan fingerprint density at radius 3 is 2.50 bits per heavy atom. The number of rotatable bonds is 7. The molecular formula is C28H20N2O4. The van der Waals surface area contributed by atoms with Crippen LogP contribution in [0, 0.1) is 11.3 Å². The van der Waals surface area contributed by atoms with Crippen LogP contribution < -0.4 is 10.1 Å².